The Morgan fingerprint density at radius 3 is 2.52 bits per heavy atom. The zero-order chi connectivity index (χ0) is 19.4. The van der Waals surface area contributed by atoms with Crippen LogP contribution >= 0.6 is 11.3 Å². The first kappa shape index (κ1) is 18.8. The number of carbonyl (C=O) groups excluding carboxylic acids is 2. The first-order valence-electron chi connectivity index (χ1n) is 8.59. The molecule has 2 N–H and O–H groups in total. The van der Waals surface area contributed by atoms with Gasteiger partial charge in [-0.2, -0.15) is 0 Å². The molecule has 6 nitrogen and oxygen atoms in total. The Morgan fingerprint density at radius 1 is 1.11 bits per heavy atom. The second-order valence-corrected chi connectivity index (χ2v) is 7.45. The number of nitrogens with zero attached hydrogens (tertiary/aromatic N) is 1. The fraction of sp³-hybridized carbons (Fsp3) is 0.250. The summed E-state index contributed by atoms with van der Waals surface area (Å²) in [6.45, 7) is 3.67. The number of rotatable bonds is 6. The summed E-state index contributed by atoms with van der Waals surface area (Å²) in [5, 5.41) is 6.25. The van der Waals surface area contributed by atoms with E-state index in [0.717, 1.165) is 27.2 Å². The average Bonchev–Trinajstić information content (AvgIpc) is 3.03. The lowest BCUT2D eigenvalue weighted by atomic mass is 10.1. The third kappa shape index (κ3) is 4.83. The molecule has 0 aliphatic heterocycles. The highest BCUT2D eigenvalue weighted by atomic mass is 32.1. The van der Waals surface area contributed by atoms with E-state index in [2.05, 4.69) is 15.6 Å². The van der Waals surface area contributed by atoms with E-state index < -0.39 is 0 Å². The fourth-order valence-corrected chi connectivity index (χ4v) is 3.38. The molecule has 0 fully saturated rings. The summed E-state index contributed by atoms with van der Waals surface area (Å²) in [6, 6.07) is 12.9. The minimum atomic E-state index is -0.103. The van der Waals surface area contributed by atoms with Crippen molar-refractivity contribution in [3.05, 3.63) is 48.0 Å². The predicted octanol–water partition coefficient (Wildman–Crippen LogP) is 4.08. The number of hydrogen-bond donors (Lipinski definition) is 2. The van der Waals surface area contributed by atoms with Crippen LogP contribution < -0.4 is 15.4 Å². The number of benzene rings is 2. The molecule has 3 rings (SSSR count). The molecule has 3 aromatic rings. The van der Waals surface area contributed by atoms with E-state index >= 15 is 0 Å². The molecule has 0 atom stereocenters. The van der Waals surface area contributed by atoms with Crippen LogP contribution in [0.2, 0.25) is 0 Å². The maximum atomic E-state index is 12.3. The number of fused-ring (bicyclic) bond motifs is 1. The second-order valence-electron chi connectivity index (χ2n) is 6.42. The Hall–Kier alpha value is -2.93. The van der Waals surface area contributed by atoms with Crippen LogP contribution in [-0.2, 0) is 16.0 Å². The summed E-state index contributed by atoms with van der Waals surface area (Å²) in [4.78, 5) is 28.5. The van der Waals surface area contributed by atoms with Crippen molar-refractivity contribution < 1.29 is 14.3 Å². The highest BCUT2D eigenvalue weighted by molar-refractivity contribution is 7.22. The van der Waals surface area contributed by atoms with Gasteiger partial charge in [0.15, 0.2) is 5.13 Å². The van der Waals surface area contributed by atoms with Gasteiger partial charge in [0.2, 0.25) is 11.8 Å². The van der Waals surface area contributed by atoms with Crippen LogP contribution in [0.15, 0.2) is 42.5 Å². The first-order chi connectivity index (χ1) is 12.9. The Balaban J connectivity index is 1.67. The number of methoxy groups -OCH3 is 1. The largest absolute Gasteiger partial charge is 0.497 e. The van der Waals surface area contributed by atoms with Gasteiger partial charge in [-0.15, -0.1) is 0 Å². The normalized spacial score (nSPS) is 10.8. The molecule has 0 saturated heterocycles. The molecular weight excluding hydrogens is 362 g/mol. The summed E-state index contributed by atoms with van der Waals surface area (Å²) in [6.07, 6.45) is 0.257. The van der Waals surface area contributed by atoms with Crippen molar-refractivity contribution >= 4 is 44.2 Å². The molecule has 0 spiro atoms. The monoisotopic (exact) mass is 383 g/mol. The minimum Gasteiger partial charge on any atom is -0.497 e. The number of nitrogens with one attached hydrogen (secondary N) is 2. The van der Waals surface area contributed by atoms with Gasteiger partial charge < -0.3 is 15.4 Å². The van der Waals surface area contributed by atoms with Gasteiger partial charge in [0, 0.05) is 11.6 Å². The predicted molar refractivity (Wildman–Crippen MR) is 108 cm³/mol. The standard InChI is InChI=1S/C20H21N3O3S/c1-12(2)19(25)23-20-22-16-9-4-13(10-17(16)27-20)11-18(24)21-14-5-7-15(26-3)8-6-14/h4-10,12H,11H2,1-3H3,(H,21,24)(H,22,23,25). The minimum absolute atomic E-state index is 0.0619. The van der Waals surface area contributed by atoms with Crippen molar-refractivity contribution in [2.45, 2.75) is 20.3 Å². The van der Waals surface area contributed by atoms with Crippen LogP contribution in [0.25, 0.3) is 10.2 Å². The van der Waals surface area contributed by atoms with Gasteiger partial charge in [0.05, 0.1) is 23.7 Å². The number of amides is 2. The summed E-state index contributed by atoms with van der Waals surface area (Å²) < 4.78 is 6.04. The van der Waals surface area contributed by atoms with Crippen molar-refractivity contribution in [2.24, 2.45) is 5.92 Å². The molecule has 0 aliphatic carbocycles. The van der Waals surface area contributed by atoms with Crippen LogP contribution in [0.1, 0.15) is 19.4 Å². The maximum Gasteiger partial charge on any atom is 0.228 e. The molecule has 0 bridgehead atoms. The van der Waals surface area contributed by atoms with Crippen LogP contribution in [0.5, 0.6) is 5.75 Å². The quantitative estimate of drug-likeness (QED) is 0.672. The van der Waals surface area contributed by atoms with E-state index in [-0.39, 0.29) is 24.2 Å². The summed E-state index contributed by atoms with van der Waals surface area (Å²) in [5.74, 6) is 0.476. The van der Waals surface area contributed by atoms with Gasteiger partial charge in [0.25, 0.3) is 0 Å². The molecule has 0 saturated carbocycles. The third-order valence-electron chi connectivity index (χ3n) is 3.95. The Labute approximate surface area is 161 Å². The van der Waals surface area contributed by atoms with Crippen LogP contribution in [-0.4, -0.2) is 23.9 Å². The molecule has 27 heavy (non-hydrogen) atoms. The SMILES string of the molecule is COc1ccc(NC(=O)Cc2ccc3nc(NC(=O)C(C)C)sc3c2)cc1. The van der Waals surface area contributed by atoms with Gasteiger partial charge in [-0.25, -0.2) is 4.98 Å². The molecule has 1 heterocycles. The topological polar surface area (TPSA) is 80.3 Å². The van der Waals surface area contributed by atoms with E-state index in [1.54, 1.807) is 31.4 Å². The lowest BCUT2D eigenvalue weighted by Gasteiger charge is -2.06. The Morgan fingerprint density at radius 2 is 1.85 bits per heavy atom. The first-order valence-corrected chi connectivity index (χ1v) is 9.40. The fourth-order valence-electron chi connectivity index (χ4n) is 2.45. The van der Waals surface area contributed by atoms with Crippen molar-refractivity contribution in [3.8, 4) is 5.75 Å². The van der Waals surface area contributed by atoms with E-state index in [0.29, 0.717) is 5.13 Å². The number of ether oxygens (including phenoxy) is 1. The molecule has 0 radical (unpaired) electrons. The second kappa shape index (κ2) is 8.18. The van der Waals surface area contributed by atoms with E-state index in [4.69, 9.17) is 4.74 Å². The zero-order valence-electron chi connectivity index (χ0n) is 15.4. The van der Waals surface area contributed by atoms with Crippen LogP contribution in [0.3, 0.4) is 0 Å². The number of hydrogen-bond acceptors (Lipinski definition) is 5. The van der Waals surface area contributed by atoms with Gasteiger partial charge in [-0.05, 0) is 42.0 Å². The molecule has 140 valence electrons. The highest BCUT2D eigenvalue weighted by Gasteiger charge is 2.12. The van der Waals surface area contributed by atoms with Crippen molar-refractivity contribution in [1.29, 1.82) is 0 Å². The van der Waals surface area contributed by atoms with E-state index in [9.17, 15) is 9.59 Å². The summed E-state index contributed by atoms with van der Waals surface area (Å²) in [5.41, 5.74) is 2.41. The summed E-state index contributed by atoms with van der Waals surface area (Å²) >= 11 is 1.40. The van der Waals surface area contributed by atoms with Gasteiger partial charge >= 0.3 is 0 Å². The zero-order valence-corrected chi connectivity index (χ0v) is 16.2. The smallest absolute Gasteiger partial charge is 0.228 e. The molecule has 0 unspecified atom stereocenters. The number of aromatic nitrogens is 1. The van der Waals surface area contributed by atoms with Crippen LogP contribution in [0, 0.1) is 5.92 Å². The van der Waals surface area contributed by atoms with Gasteiger partial charge in [0.1, 0.15) is 5.75 Å². The van der Waals surface area contributed by atoms with Crippen molar-refractivity contribution in [1.82, 2.24) is 4.98 Å². The van der Waals surface area contributed by atoms with Gasteiger partial charge in [-0.3, -0.25) is 9.59 Å². The van der Waals surface area contributed by atoms with Crippen molar-refractivity contribution in [2.75, 3.05) is 17.7 Å². The lowest BCUT2D eigenvalue weighted by Crippen LogP contribution is -2.17. The molecule has 1 aromatic heterocycles. The Kier molecular flexibility index (Phi) is 5.71. The van der Waals surface area contributed by atoms with E-state index in [1.807, 2.05) is 32.0 Å². The lowest BCUT2D eigenvalue weighted by molar-refractivity contribution is -0.119. The Bertz CT molecular complexity index is 964. The van der Waals surface area contributed by atoms with Crippen molar-refractivity contribution in [3.63, 3.8) is 0 Å². The van der Waals surface area contributed by atoms with Crippen LogP contribution in [0.4, 0.5) is 10.8 Å². The molecule has 0 aliphatic rings. The molecular formula is C20H21N3O3S. The third-order valence-corrected chi connectivity index (χ3v) is 4.88. The van der Waals surface area contributed by atoms with Gasteiger partial charge in [-0.1, -0.05) is 31.3 Å². The maximum absolute atomic E-state index is 12.3. The molecule has 2 amide bonds. The molecule has 7 heteroatoms. The number of thiazole rings is 1. The highest BCUT2D eigenvalue weighted by Crippen LogP contribution is 2.27. The van der Waals surface area contributed by atoms with E-state index in [1.165, 1.54) is 11.3 Å². The summed E-state index contributed by atoms with van der Waals surface area (Å²) in [7, 11) is 1.60. The molecule has 2 aromatic carbocycles. The number of carbonyl (C=O) groups is 2. The average molecular weight is 383 g/mol. The number of anilines is 2.